The van der Waals surface area contributed by atoms with Crippen molar-refractivity contribution in [3.05, 3.63) is 96.8 Å². The van der Waals surface area contributed by atoms with Crippen LogP contribution < -0.4 is 10.9 Å². The van der Waals surface area contributed by atoms with Crippen molar-refractivity contribution < 1.29 is 0 Å². The first-order valence-electron chi connectivity index (χ1n) is 8.07. The van der Waals surface area contributed by atoms with Crippen LogP contribution in [0.15, 0.2) is 90.6 Å². The first-order chi connectivity index (χ1) is 12.6. The molecule has 0 saturated heterocycles. The molecular weight excluding hydrogens is 337 g/mol. The Morgan fingerprint density at radius 2 is 1.46 bits per heavy atom. The van der Waals surface area contributed by atoms with E-state index in [4.69, 9.17) is 0 Å². The van der Waals surface area contributed by atoms with Crippen molar-refractivity contribution >= 4 is 37.7 Å². The van der Waals surface area contributed by atoms with Crippen LogP contribution in [-0.2, 0) is 0 Å². The van der Waals surface area contributed by atoms with Crippen LogP contribution in [0.3, 0.4) is 0 Å². The van der Waals surface area contributed by atoms with Crippen LogP contribution in [0.4, 0.5) is 0 Å². The van der Waals surface area contributed by atoms with Crippen molar-refractivity contribution in [3.63, 3.8) is 0 Å². The molecule has 2 rings (SSSR count). The fourth-order valence-corrected chi connectivity index (χ4v) is 3.99. The van der Waals surface area contributed by atoms with Gasteiger partial charge in [-0.2, -0.15) is 0 Å². The van der Waals surface area contributed by atoms with Gasteiger partial charge >= 0.3 is 0 Å². The Hall–Kier alpha value is -2.90. The van der Waals surface area contributed by atoms with Gasteiger partial charge in [-0.15, -0.1) is 0 Å². The molecule has 0 unspecified atom stereocenters. The third kappa shape index (κ3) is 4.81. The smallest absolute Gasteiger partial charge is 0.0753 e. The Morgan fingerprint density at radius 3 is 1.81 bits per heavy atom. The van der Waals surface area contributed by atoms with Crippen molar-refractivity contribution in [2.45, 2.75) is 6.92 Å². The van der Waals surface area contributed by atoms with Gasteiger partial charge < -0.3 is 0 Å². The van der Waals surface area contributed by atoms with E-state index in [2.05, 4.69) is 41.4 Å². The monoisotopic (exact) mass is 359 g/mol. The lowest BCUT2D eigenvalue weighted by atomic mass is 10.3. The largest absolute Gasteiger partial charge is 0.263 e. The molecule has 0 amide bonds. The standard InChI is InChI=1S/C22H22N3P/c1-6-17(4)9-12-20(23-5)26(21-13-10-18(7-2)15-24-21)22-14-11-19(8-3)16-25-22/h6-16H,1-3,5H2,4H3/b17-9+,20-12+. The normalized spacial score (nSPS) is 11.9. The average molecular weight is 359 g/mol. The molecule has 2 aromatic rings. The molecule has 3 nitrogen and oxygen atoms in total. The van der Waals surface area contributed by atoms with E-state index in [0.29, 0.717) is 0 Å². The predicted octanol–water partition coefficient (Wildman–Crippen LogP) is 4.87. The van der Waals surface area contributed by atoms with Crippen LogP contribution in [0.25, 0.3) is 12.2 Å². The minimum absolute atomic E-state index is 0.832. The van der Waals surface area contributed by atoms with Gasteiger partial charge in [-0.1, -0.05) is 61.7 Å². The number of hydrogen-bond acceptors (Lipinski definition) is 3. The summed E-state index contributed by atoms with van der Waals surface area (Å²) >= 11 is 0. The zero-order valence-electron chi connectivity index (χ0n) is 15.0. The predicted molar refractivity (Wildman–Crippen MR) is 116 cm³/mol. The third-order valence-electron chi connectivity index (χ3n) is 3.68. The van der Waals surface area contributed by atoms with E-state index < -0.39 is 7.92 Å². The second-order valence-electron chi connectivity index (χ2n) is 5.44. The van der Waals surface area contributed by atoms with Gasteiger partial charge in [0.25, 0.3) is 0 Å². The first kappa shape index (κ1) is 19.4. The van der Waals surface area contributed by atoms with Gasteiger partial charge in [0.15, 0.2) is 0 Å². The highest BCUT2D eigenvalue weighted by Gasteiger charge is 2.21. The fraction of sp³-hybridized carbons (Fsp3) is 0.0455. The van der Waals surface area contributed by atoms with Gasteiger partial charge in [0.2, 0.25) is 0 Å². The lowest BCUT2D eigenvalue weighted by Gasteiger charge is -2.17. The summed E-state index contributed by atoms with van der Waals surface area (Å²) in [6.45, 7) is 17.1. The topological polar surface area (TPSA) is 38.1 Å². The maximum atomic E-state index is 4.61. The second kappa shape index (κ2) is 9.55. The van der Waals surface area contributed by atoms with Crippen molar-refractivity contribution in [2.24, 2.45) is 4.99 Å². The van der Waals surface area contributed by atoms with Crippen LogP contribution in [0.2, 0.25) is 0 Å². The van der Waals surface area contributed by atoms with Crippen LogP contribution in [0.1, 0.15) is 18.1 Å². The molecule has 0 spiro atoms. The number of aromatic nitrogens is 2. The Labute approximate surface area is 156 Å². The fourth-order valence-electron chi connectivity index (χ4n) is 2.13. The Balaban J connectivity index is 2.58. The maximum absolute atomic E-state index is 4.61. The van der Waals surface area contributed by atoms with Crippen molar-refractivity contribution in [2.75, 3.05) is 0 Å². The molecule has 0 fully saturated rings. The van der Waals surface area contributed by atoms with Crippen molar-refractivity contribution in [1.82, 2.24) is 9.97 Å². The van der Waals surface area contributed by atoms with E-state index in [9.17, 15) is 0 Å². The molecule has 4 heteroatoms. The minimum atomic E-state index is -1.02. The Bertz CT molecular complexity index is 808. The molecule has 0 saturated carbocycles. The molecular formula is C22H22N3P. The summed E-state index contributed by atoms with van der Waals surface area (Å²) in [5.74, 6) is 0. The number of rotatable bonds is 8. The summed E-state index contributed by atoms with van der Waals surface area (Å²) in [6.07, 6.45) is 12.9. The quantitative estimate of drug-likeness (QED) is 0.383. The summed E-state index contributed by atoms with van der Waals surface area (Å²) in [6, 6.07) is 7.98. The summed E-state index contributed by atoms with van der Waals surface area (Å²) in [5.41, 5.74) is 5.64. The number of nitrogens with zero attached hydrogens (tertiary/aromatic N) is 3. The highest BCUT2D eigenvalue weighted by atomic mass is 31.1. The van der Waals surface area contributed by atoms with E-state index in [-0.39, 0.29) is 0 Å². The van der Waals surface area contributed by atoms with Gasteiger partial charge in [0.1, 0.15) is 0 Å². The number of hydrogen-bond donors (Lipinski definition) is 0. The molecule has 0 atom stereocenters. The maximum Gasteiger partial charge on any atom is 0.0753 e. The highest BCUT2D eigenvalue weighted by molar-refractivity contribution is 7.76. The lowest BCUT2D eigenvalue weighted by Crippen LogP contribution is -2.18. The van der Waals surface area contributed by atoms with Crippen LogP contribution >= 0.6 is 7.92 Å². The van der Waals surface area contributed by atoms with Crippen molar-refractivity contribution in [1.29, 1.82) is 0 Å². The molecule has 0 aromatic carbocycles. The van der Waals surface area contributed by atoms with E-state index in [0.717, 1.165) is 33.0 Å². The van der Waals surface area contributed by atoms with Gasteiger partial charge in [0.05, 0.1) is 16.3 Å². The first-order valence-corrected chi connectivity index (χ1v) is 9.42. The van der Waals surface area contributed by atoms with Crippen molar-refractivity contribution in [3.8, 4) is 0 Å². The molecule has 2 aromatic heterocycles. The molecule has 130 valence electrons. The molecule has 0 aliphatic heterocycles. The summed E-state index contributed by atoms with van der Waals surface area (Å²) in [7, 11) is -1.02. The zero-order chi connectivity index (χ0) is 18.9. The van der Waals surface area contributed by atoms with Crippen LogP contribution in [0.5, 0.6) is 0 Å². The van der Waals surface area contributed by atoms with Crippen LogP contribution in [0, 0.1) is 0 Å². The average Bonchev–Trinajstić information content (AvgIpc) is 2.71. The molecule has 26 heavy (non-hydrogen) atoms. The lowest BCUT2D eigenvalue weighted by molar-refractivity contribution is 1.35. The Morgan fingerprint density at radius 1 is 0.923 bits per heavy atom. The molecule has 0 bridgehead atoms. The van der Waals surface area contributed by atoms with Gasteiger partial charge in [-0.05, 0) is 43.0 Å². The van der Waals surface area contributed by atoms with Crippen LogP contribution in [-0.4, -0.2) is 16.7 Å². The SMILES string of the molecule is C=C/C(C)=C/C=C(\N=C)P(c1ccc(C=C)cn1)c1ccc(C=C)cn1. The number of allylic oxidation sites excluding steroid dienone is 4. The molecule has 0 radical (unpaired) electrons. The number of pyridine rings is 2. The van der Waals surface area contributed by atoms with E-state index in [1.165, 1.54) is 0 Å². The van der Waals surface area contributed by atoms with Gasteiger partial charge in [-0.3, -0.25) is 15.0 Å². The second-order valence-corrected chi connectivity index (χ2v) is 7.49. The third-order valence-corrected chi connectivity index (χ3v) is 5.87. The Kier molecular flexibility index (Phi) is 7.13. The van der Waals surface area contributed by atoms with E-state index in [1.807, 2.05) is 43.3 Å². The summed E-state index contributed by atoms with van der Waals surface area (Å²) < 4.78 is 0. The van der Waals surface area contributed by atoms with Gasteiger partial charge in [0, 0.05) is 20.3 Å². The molecule has 2 heterocycles. The summed E-state index contributed by atoms with van der Waals surface area (Å²) in [5, 5.41) is 0. The van der Waals surface area contributed by atoms with E-state index >= 15 is 0 Å². The minimum Gasteiger partial charge on any atom is -0.263 e. The highest BCUT2D eigenvalue weighted by Crippen LogP contribution is 2.42. The van der Waals surface area contributed by atoms with E-state index in [1.54, 1.807) is 30.6 Å². The summed E-state index contributed by atoms with van der Waals surface area (Å²) in [4.78, 5) is 13.5. The molecule has 0 aliphatic rings. The number of aliphatic imine (C=N–C) groups is 1. The molecule has 0 N–H and O–H groups in total. The van der Waals surface area contributed by atoms with Gasteiger partial charge in [-0.25, -0.2) is 0 Å². The molecule has 0 aliphatic carbocycles. The zero-order valence-corrected chi connectivity index (χ0v) is 15.9.